The van der Waals surface area contributed by atoms with Crippen LogP contribution in [0.5, 0.6) is 5.75 Å². The smallest absolute Gasteiger partial charge is 0.252 e. The molecule has 0 saturated heterocycles. The van der Waals surface area contributed by atoms with Crippen LogP contribution in [-0.4, -0.2) is 40.3 Å². The van der Waals surface area contributed by atoms with Crippen molar-refractivity contribution in [3.05, 3.63) is 119 Å². The molecule has 0 radical (unpaired) electrons. The average molecular weight is 618 g/mol. The minimum absolute atomic E-state index is 0.0702. The average Bonchev–Trinajstić information content (AvgIpc) is 3.61. The lowest BCUT2D eigenvalue weighted by atomic mass is 9.72. The number of pyridine rings is 1. The van der Waals surface area contributed by atoms with Crippen LogP contribution >= 0.6 is 11.3 Å². The number of ether oxygens (including phenoxy) is 1. The molecule has 2 aliphatic rings. The number of para-hydroxylation sites is 1. The van der Waals surface area contributed by atoms with Crippen molar-refractivity contribution < 1.29 is 14.6 Å². The van der Waals surface area contributed by atoms with Crippen LogP contribution in [0, 0.1) is 0 Å². The number of aryl methyl sites for hydroxylation is 1. The van der Waals surface area contributed by atoms with Gasteiger partial charge in [-0.2, -0.15) is 0 Å². The second kappa shape index (κ2) is 12.8. The van der Waals surface area contributed by atoms with Gasteiger partial charge in [0.05, 0.1) is 33.8 Å². The summed E-state index contributed by atoms with van der Waals surface area (Å²) in [5.41, 5.74) is 5.46. The molecule has 1 fully saturated rings. The molecule has 1 saturated carbocycles. The van der Waals surface area contributed by atoms with Crippen molar-refractivity contribution in [3.63, 3.8) is 0 Å². The van der Waals surface area contributed by atoms with Crippen LogP contribution in [0.4, 0.5) is 0 Å². The van der Waals surface area contributed by atoms with Crippen LogP contribution < -0.4 is 15.4 Å². The Bertz CT molecular complexity index is 1790. The van der Waals surface area contributed by atoms with E-state index in [9.17, 15) is 9.90 Å². The van der Waals surface area contributed by atoms with E-state index >= 15 is 0 Å². The van der Waals surface area contributed by atoms with E-state index in [2.05, 4.69) is 35.8 Å². The number of amides is 1. The van der Waals surface area contributed by atoms with Gasteiger partial charge in [-0.1, -0.05) is 73.7 Å². The molecule has 0 unspecified atom stereocenters. The first-order valence-electron chi connectivity index (χ1n) is 16.0. The largest absolute Gasteiger partial charge is 0.487 e. The number of fused-ring (bicyclic) bond motifs is 2. The van der Waals surface area contributed by atoms with Crippen molar-refractivity contribution >= 4 is 28.1 Å². The maximum atomic E-state index is 14.1. The van der Waals surface area contributed by atoms with Crippen molar-refractivity contribution in [1.29, 1.82) is 0 Å². The highest BCUT2D eigenvalue weighted by atomic mass is 32.1. The number of rotatable bonds is 10. The molecule has 7 heteroatoms. The van der Waals surface area contributed by atoms with Gasteiger partial charge in [-0.15, -0.1) is 11.3 Å². The van der Waals surface area contributed by atoms with Crippen LogP contribution in [0.3, 0.4) is 0 Å². The van der Waals surface area contributed by atoms with Gasteiger partial charge in [0.25, 0.3) is 5.91 Å². The van der Waals surface area contributed by atoms with E-state index in [1.54, 1.807) is 11.3 Å². The molecular weight excluding hydrogens is 579 g/mol. The van der Waals surface area contributed by atoms with Gasteiger partial charge < -0.3 is 20.5 Å². The highest BCUT2D eigenvalue weighted by Gasteiger charge is 2.45. The van der Waals surface area contributed by atoms with Gasteiger partial charge in [-0.25, -0.2) is 4.98 Å². The Balaban J connectivity index is 1.15. The fourth-order valence-corrected chi connectivity index (χ4v) is 7.40. The van der Waals surface area contributed by atoms with E-state index in [0.29, 0.717) is 18.5 Å². The molecule has 1 amide bonds. The first-order valence-corrected chi connectivity index (χ1v) is 16.9. The van der Waals surface area contributed by atoms with Gasteiger partial charge in [0.1, 0.15) is 11.4 Å². The minimum Gasteiger partial charge on any atom is -0.487 e. The zero-order valence-electron chi connectivity index (χ0n) is 25.5. The summed E-state index contributed by atoms with van der Waals surface area (Å²) < 4.78 is 6.53. The third-order valence-corrected chi connectivity index (χ3v) is 10.3. The molecule has 1 aliphatic heterocycles. The number of carbonyl (C=O) groups excluding carboxylic acids is 1. The molecule has 230 valence electrons. The van der Waals surface area contributed by atoms with Crippen molar-refractivity contribution in [2.75, 3.05) is 6.54 Å². The number of aliphatic hydroxyl groups is 1. The molecule has 1 spiro atoms. The van der Waals surface area contributed by atoms with Gasteiger partial charge >= 0.3 is 0 Å². The lowest BCUT2D eigenvalue weighted by molar-refractivity contribution is -0.0382. The van der Waals surface area contributed by atoms with Crippen LogP contribution in [0.15, 0.2) is 96.4 Å². The number of aliphatic hydroxyl groups excluding tert-OH is 1. The monoisotopic (exact) mass is 617 g/mol. The third-order valence-electron chi connectivity index (χ3n) is 9.41. The summed E-state index contributed by atoms with van der Waals surface area (Å²) in [6.45, 7) is 2.50. The van der Waals surface area contributed by atoms with Crippen LogP contribution in [-0.2, 0) is 12.8 Å². The van der Waals surface area contributed by atoms with Crippen molar-refractivity contribution in [2.45, 2.75) is 69.2 Å². The number of nitrogens with zero attached hydrogens (tertiary/aromatic N) is 1. The van der Waals surface area contributed by atoms with Crippen LogP contribution in [0.2, 0.25) is 0 Å². The molecule has 3 N–H and O–H groups in total. The summed E-state index contributed by atoms with van der Waals surface area (Å²) in [5, 5.41) is 21.5. The van der Waals surface area contributed by atoms with Crippen molar-refractivity contribution in [1.82, 2.24) is 15.6 Å². The number of aromatic nitrogens is 1. The molecule has 6 nitrogen and oxygen atoms in total. The van der Waals surface area contributed by atoms with E-state index in [0.717, 1.165) is 64.0 Å². The summed E-state index contributed by atoms with van der Waals surface area (Å²) in [5.74, 6) is 0.731. The third kappa shape index (κ3) is 6.25. The zero-order chi connectivity index (χ0) is 30.8. The lowest BCUT2D eigenvalue weighted by Gasteiger charge is -2.48. The molecule has 3 aromatic carbocycles. The molecule has 7 rings (SSSR count). The Morgan fingerprint density at radius 1 is 1.02 bits per heavy atom. The fourth-order valence-electron chi connectivity index (χ4n) is 6.72. The number of hydrogen-bond acceptors (Lipinski definition) is 6. The summed E-state index contributed by atoms with van der Waals surface area (Å²) in [6.07, 6.45) is 4.81. The summed E-state index contributed by atoms with van der Waals surface area (Å²) in [4.78, 5) is 19.9. The summed E-state index contributed by atoms with van der Waals surface area (Å²) >= 11 is 1.60. The number of benzene rings is 3. The maximum Gasteiger partial charge on any atom is 0.252 e. The van der Waals surface area contributed by atoms with E-state index < -0.39 is 12.1 Å². The lowest BCUT2D eigenvalue weighted by Crippen LogP contribution is -2.52. The molecule has 2 aromatic heterocycles. The summed E-state index contributed by atoms with van der Waals surface area (Å²) in [7, 11) is 0. The van der Waals surface area contributed by atoms with Gasteiger partial charge in [0.2, 0.25) is 0 Å². The standard InChI is InChI=1S/C38H39N3O3S/c1-2-25-15-16-35-29(20-25)33(23-38(44-35)17-9-18-38)39-24-34(42)31(21-26-10-4-3-5-11-26)41-37(43)28-22-32(36-14-8-19-45-36)40-30-13-7-6-12-27(28)30/h3-8,10-16,19-20,22,31,33-34,39,42H,2,9,17-18,21,23-24H2,1H3,(H,41,43)/t31-,33-,34+/m0/s1. The SMILES string of the molecule is CCc1ccc2c(c1)[C@@H](NC[C@@H](O)[C@H](Cc1ccccc1)NC(=O)c1cc(-c3cccs3)nc3ccccc13)CC1(CCC1)O2. The fraction of sp³-hybridized carbons (Fsp3) is 0.316. The molecule has 0 bridgehead atoms. The first kappa shape index (κ1) is 29.7. The number of nitrogens with one attached hydrogen (secondary N) is 2. The first-order chi connectivity index (χ1) is 22.0. The number of thiophene rings is 1. The van der Waals surface area contributed by atoms with E-state index in [1.165, 1.54) is 12.0 Å². The molecule has 1 aliphatic carbocycles. The highest BCUT2D eigenvalue weighted by molar-refractivity contribution is 7.13. The summed E-state index contributed by atoms with van der Waals surface area (Å²) in [6, 6.07) is 29.7. The molecule has 3 atom stereocenters. The molecule has 3 heterocycles. The Hall–Kier alpha value is -4.04. The Morgan fingerprint density at radius 3 is 2.60 bits per heavy atom. The molecular formula is C38H39N3O3S. The second-order valence-electron chi connectivity index (χ2n) is 12.4. The highest BCUT2D eigenvalue weighted by Crippen LogP contribution is 2.49. The maximum absolute atomic E-state index is 14.1. The zero-order valence-corrected chi connectivity index (χ0v) is 26.4. The minimum atomic E-state index is -0.822. The Morgan fingerprint density at radius 2 is 1.84 bits per heavy atom. The number of carbonyl (C=O) groups is 1. The Labute approximate surface area is 268 Å². The van der Waals surface area contributed by atoms with E-state index in [1.807, 2.05) is 78.2 Å². The molecule has 45 heavy (non-hydrogen) atoms. The van der Waals surface area contributed by atoms with Crippen LogP contribution in [0.25, 0.3) is 21.5 Å². The van der Waals surface area contributed by atoms with Gasteiger partial charge in [0.15, 0.2) is 0 Å². The van der Waals surface area contributed by atoms with Crippen LogP contribution in [0.1, 0.15) is 65.7 Å². The van der Waals surface area contributed by atoms with Gasteiger partial charge in [0, 0.05) is 30.0 Å². The normalized spacial score (nSPS) is 18.0. The van der Waals surface area contributed by atoms with E-state index in [4.69, 9.17) is 9.72 Å². The van der Waals surface area contributed by atoms with Gasteiger partial charge in [-0.05, 0) is 72.9 Å². The predicted molar refractivity (Wildman–Crippen MR) is 181 cm³/mol. The van der Waals surface area contributed by atoms with E-state index in [-0.39, 0.29) is 17.6 Å². The van der Waals surface area contributed by atoms with Crippen molar-refractivity contribution in [3.8, 4) is 16.3 Å². The topological polar surface area (TPSA) is 83.5 Å². The predicted octanol–water partition coefficient (Wildman–Crippen LogP) is 7.26. The second-order valence-corrected chi connectivity index (χ2v) is 13.4. The van der Waals surface area contributed by atoms with Gasteiger partial charge in [-0.3, -0.25) is 4.79 Å². The quantitative estimate of drug-likeness (QED) is 0.154. The van der Waals surface area contributed by atoms with Crippen molar-refractivity contribution in [2.24, 2.45) is 0 Å². The Kier molecular flexibility index (Phi) is 8.41. The molecule has 5 aromatic rings. The number of hydrogen-bond donors (Lipinski definition) is 3.